The maximum Gasteiger partial charge on any atom is 0.323 e. The lowest BCUT2D eigenvalue weighted by molar-refractivity contribution is 0.128. The number of anilines is 1. The Morgan fingerprint density at radius 3 is 3.00 bits per heavy atom. The molecule has 1 aliphatic rings. The van der Waals surface area contributed by atoms with Gasteiger partial charge in [0.25, 0.3) is 0 Å². The second kappa shape index (κ2) is 4.17. The molecule has 1 fully saturated rings. The van der Waals surface area contributed by atoms with E-state index in [9.17, 15) is 4.79 Å². The van der Waals surface area contributed by atoms with Gasteiger partial charge in [-0.3, -0.25) is 10.00 Å². The molecule has 88 valence electrons. The van der Waals surface area contributed by atoms with Crippen LogP contribution >= 0.6 is 11.3 Å². The minimum Gasteiger partial charge on any atom is -0.320 e. The monoisotopic (exact) mass is 249 g/mol. The van der Waals surface area contributed by atoms with Crippen molar-refractivity contribution in [3.63, 3.8) is 0 Å². The third-order valence-electron chi connectivity index (χ3n) is 2.69. The van der Waals surface area contributed by atoms with Crippen molar-refractivity contribution in [3.05, 3.63) is 30.0 Å². The minimum absolute atomic E-state index is 0.0941. The number of thiazole rings is 1. The standard InChI is InChI=1S/C10H11N5OS/c16-10(13-9-11-3-5-17-9)14-6-8(7-14)15-4-1-2-12-15/h1-5,8H,6-7H2,(H,11,13,16). The molecule has 1 saturated heterocycles. The second-order valence-electron chi connectivity index (χ2n) is 3.81. The zero-order valence-electron chi connectivity index (χ0n) is 8.98. The number of rotatable bonds is 2. The molecule has 0 aliphatic carbocycles. The van der Waals surface area contributed by atoms with Crippen molar-refractivity contribution in [3.8, 4) is 0 Å². The summed E-state index contributed by atoms with van der Waals surface area (Å²) in [5.74, 6) is 0. The highest BCUT2D eigenvalue weighted by molar-refractivity contribution is 7.13. The fraction of sp³-hybridized carbons (Fsp3) is 0.300. The molecule has 6 nitrogen and oxygen atoms in total. The predicted molar refractivity (Wildman–Crippen MR) is 64.0 cm³/mol. The Hall–Kier alpha value is -1.89. The average Bonchev–Trinajstić information content (AvgIpc) is 2.87. The molecular formula is C10H11N5OS. The van der Waals surface area contributed by atoms with E-state index in [0.717, 1.165) is 0 Å². The van der Waals surface area contributed by atoms with Gasteiger partial charge in [0, 0.05) is 37.1 Å². The zero-order chi connectivity index (χ0) is 11.7. The van der Waals surface area contributed by atoms with E-state index in [4.69, 9.17) is 0 Å². The molecule has 0 atom stereocenters. The van der Waals surface area contributed by atoms with Gasteiger partial charge in [0.05, 0.1) is 6.04 Å². The maximum absolute atomic E-state index is 11.8. The van der Waals surface area contributed by atoms with Crippen molar-refractivity contribution in [2.24, 2.45) is 0 Å². The third-order valence-corrected chi connectivity index (χ3v) is 3.38. The van der Waals surface area contributed by atoms with E-state index in [1.807, 2.05) is 22.3 Å². The number of amides is 2. The van der Waals surface area contributed by atoms with Gasteiger partial charge in [-0.15, -0.1) is 11.3 Å². The molecule has 0 bridgehead atoms. The Kier molecular flexibility index (Phi) is 2.52. The van der Waals surface area contributed by atoms with E-state index in [1.54, 1.807) is 17.3 Å². The first kappa shape index (κ1) is 10.3. The molecule has 0 unspecified atom stereocenters. The lowest BCUT2D eigenvalue weighted by Crippen LogP contribution is -2.52. The second-order valence-corrected chi connectivity index (χ2v) is 4.71. The number of carbonyl (C=O) groups is 1. The lowest BCUT2D eigenvalue weighted by Gasteiger charge is -2.38. The van der Waals surface area contributed by atoms with E-state index >= 15 is 0 Å². The molecule has 3 rings (SSSR count). The van der Waals surface area contributed by atoms with Gasteiger partial charge in [-0.2, -0.15) is 5.10 Å². The Morgan fingerprint density at radius 2 is 2.35 bits per heavy atom. The number of urea groups is 1. The molecule has 0 radical (unpaired) electrons. The first-order valence-electron chi connectivity index (χ1n) is 5.27. The summed E-state index contributed by atoms with van der Waals surface area (Å²) in [6, 6.07) is 2.09. The summed E-state index contributed by atoms with van der Waals surface area (Å²) in [4.78, 5) is 17.5. The Balaban J connectivity index is 1.54. The minimum atomic E-state index is -0.0941. The fourth-order valence-electron chi connectivity index (χ4n) is 1.74. The average molecular weight is 249 g/mol. The van der Waals surface area contributed by atoms with Crippen LogP contribution in [0.15, 0.2) is 30.0 Å². The highest BCUT2D eigenvalue weighted by Gasteiger charge is 2.32. The van der Waals surface area contributed by atoms with E-state index in [2.05, 4.69) is 15.4 Å². The molecule has 0 aromatic carbocycles. The molecule has 1 N–H and O–H groups in total. The fourth-order valence-corrected chi connectivity index (χ4v) is 2.26. The van der Waals surface area contributed by atoms with Crippen molar-refractivity contribution >= 4 is 22.5 Å². The largest absolute Gasteiger partial charge is 0.323 e. The number of likely N-dealkylation sites (tertiary alicyclic amines) is 1. The lowest BCUT2D eigenvalue weighted by atomic mass is 10.1. The summed E-state index contributed by atoms with van der Waals surface area (Å²) in [5, 5.41) is 9.38. The highest BCUT2D eigenvalue weighted by atomic mass is 32.1. The van der Waals surface area contributed by atoms with Gasteiger partial charge in [-0.25, -0.2) is 9.78 Å². The van der Waals surface area contributed by atoms with Gasteiger partial charge in [0.2, 0.25) is 0 Å². The molecule has 0 saturated carbocycles. The number of nitrogens with one attached hydrogen (secondary N) is 1. The summed E-state index contributed by atoms with van der Waals surface area (Å²) < 4.78 is 1.88. The first-order chi connectivity index (χ1) is 8.33. The van der Waals surface area contributed by atoms with Gasteiger partial charge in [-0.1, -0.05) is 0 Å². The third kappa shape index (κ3) is 2.01. The van der Waals surface area contributed by atoms with Crippen LogP contribution in [0.2, 0.25) is 0 Å². The summed E-state index contributed by atoms with van der Waals surface area (Å²) in [6.07, 6.45) is 5.34. The number of carbonyl (C=O) groups excluding carboxylic acids is 1. The van der Waals surface area contributed by atoms with Crippen LogP contribution in [0.5, 0.6) is 0 Å². The van der Waals surface area contributed by atoms with Gasteiger partial charge >= 0.3 is 6.03 Å². The summed E-state index contributed by atoms with van der Waals surface area (Å²) in [5.41, 5.74) is 0. The molecule has 17 heavy (non-hydrogen) atoms. The van der Waals surface area contributed by atoms with E-state index in [-0.39, 0.29) is 6.03 Å². The van der Waals surface area contributed by atoms with Crippen molar-refractivity contribution in [1.29, 1.82) is 0 Å². The van der Waals surface area contributed by atoms with Crippen LogP contribution in [0.3, 0.4) is 0 Å². The molecule has 1 aliphatic heterocycles. The van der Waals surface area contributed by atoms with Crippen LogP contribution in [0.4, 0.5) is 9.93 Å². The Morgan fingerprint density at radius 1 is 1.47 bits per heavy atom. The summed E-state index contributed by atoms with van der Waals surface area (Å²) in [6.45, 7) is 1.39. The SMILES string of the molecule is O=C(Nc1nccs1)N1CC(n2cccn2)C1. The Labute approximate surface area is 102 Å². The number of hydrogen-bond acceptors (Lipinski definition) is 4. The first-order valence-corrected chi connectivity index (χ1v) is 6.15. The molecule has 2 aromatic heterocycles. The van der Waals surface area contributed by atoms with Crippen molar-refractivity contribution < 1.29 is 4.79 Å². The van der Waals surface area contributed by atoms with Crippen LogP contribution < -0.4 is 5.32 Å². The molecule has 2 amide bonds. The van der Waals surface area contributed by atoms with Crippen molar-refractivity contribution in [2.45, 2.75) is 6.04 Å². The molecule has 7 heteroatoms. The molecule has 0 spiro atoms. The van der Waals surface area contributed by atoms with Crippen LogP contribution in [0.1, 0.15) is 6.04 Å². The number of aromatic nitrogens is 3. The van der Waals surface area contributed by atoms with Gasteiger partial charge in [0.15, 0.2) is 5.13 Å². The summed E-state index contributed by atoms with van der Waals surface area (Å²) in [7, 11) is 0. The number of nitrogens with zero attached hydrogens (tertiary/aromatic N) is 4. The normalized spacial score (nSPS) is 15.6. The summed E-state index contributed by atoms with van der Waals surface area (Å²) >= 11 is 1.41. The van der Waals surface area contributed by atoms with E-state index in [1.165, 1.54) is 11.3 Å². The van der Waals surface area contributed by atoms with Crippen LogP contribution in [0, 0.1) is 0 Å². The zero-order valence-corrected chi connectivity index (χ0v) is 9.80. The molecular weight excluding hydrogens is 238 g/mol. The van der Waals surface area contributed by atoms with Crippen LogP contribution in [-0.2, 0) is 0 Å². The van der Waals surface area contributed by atoms with E-state index < -0.39 is 0 Å². The highest BCUT2D eigenvalue weighted by Crippen LogP contribution is 2.21. The molecule has 2 aromatic rings. The molecule has 3 heterocycles. The van der Waals surface area contributed by atoms with Gasteiger partial charge < -0.3 is 4.90 Å². The van der Waals surface area contributed by atoms with E-state index in [0.29, 0.717) is 24.3 Å². The van der Waals surface area contributed by atoms with Crippen LogP contribution in [-0.4, -0.2) is 38.8 Å². The van der Waals surface area contributed by atoms with Crippen LogP contribution in [0.25, 0.3) is 0 Å². The number of hydrogen-bond donors (Lipinski definition) is 1. The maximum atomic E-state index is 11.8. The smallest absolute Gasteiger partial charge is 0.320 e. The Bertz CT molecular complexity index is 489. The quantitative estimate of drug-likeness (QED) is 0.875. The van der Waals surface area contributed by atoms with Crippen molar-refractivity contribution in [2.75, 3.05) is 18.4 Å². The topological polar surface area (TPSA) is 63.1 Å². The van der Waals surface area contributed by atoms with Gasteiger partial charge in [0.1, 0.15) is 0 Å². The van der Waals surface area contributed by atoms with Gasteiger partial charge in [-0.05, 0) is 6.07 Å². The predicted octanol–water partition coefficient (Wildman–Crippen LogP) is 1.43. The van der Waals surface area contributed by atoms with Crippen molar-refractivity contribution in [1.82, 2.24) is 19.7 Å².